The van der Waals surface area contributed by atoms with E-state index in [4.69, 9.17) is 9.47 Å². The summed E-state index contributed by atoms with van der Waals surface area (Å²) in [5, 5.41) is 7.70. The molecule has 0 aliphatic carbocycles. The number of hydrogen-bond donors (Lipinski definition) is 1. The zero-order valence-electron chi connectivity index (χ0n) is 19.7. The number of carbonyl (C=O) groups is 1. The first kappa shape index (κ1) is 23.9. The molecule has 0 atom stereocenters. The molecule has 5 rings (SSSR count). The number of benzene rings is 2. The van der Waals surface area contributed by atoms with E-state index in [2.05, 4.69) is 15.4 Å². The minimum Gasteiger partial charge on any atom is -0.496 e. The standard InChI is InChI=1S/C25H24F3N5O3/c1-35-22-8-17(9-23(36-2)24(22)21(34)5-6-25(26,27)28)32-14-30-19-7-15(3-4-20(19)32)16-10-31-33(13-16)18-11-29-12-18/h3-4,7-10,13-14,18,29H,5-6,11-12H2,1-2H3. The molecule has 4 aromatic rings. The lowest BCUT2D eigenvalue weighted by molar-refractivity contribution is -0.133. The summed E-state index contributed by atoms with van der Waals surface area (Å²) < 4.78 is 52.5. The van der Waals surface area contributed by atoms with E-state index in [-0.39, 0.29) is 17.1 Å². The summed E-state index contributed by atoms with van der Waals surface area (Å²) in [6, 6.07) is 9.43. The summed E-state index contributed by atoms with van der Waals surface area (Å²) in [5.41, 5.74) is 4.09. The maximum atomic E-state index is 12.7. The molecule has 3 heterocycles. The number of ketones is 1. The first-order valence-electron chi connectivity index (χ1n) is 11.4. The Morgan fingerprint density at radius 2 is 1.83 bits per heavy atom. The monoisotopic (exact) mass is 499 g/mol. The van der Waals surface area contributed by atoms with Crippen LogP contribution >= 0.6 is 0 Å². The van der Waals surface area contributed by atoms with Crippen molar-refractivity contribution in [2.24, 2.45) is 0 Å². The van der Waals surface area contributed by atoms with Gasteiger partial charge in [0.25, 0.3) is 0 Å². The van der Waals surface area contributed by atoms with Crippen molar-refractivity contribution in [3.63, 3.8) is 0 Å². The Kier molecular flexibility index (Phi) is 6.17. The zero-order valence-corrected chi connectivity index (χ0v) is 19.7. The van der Waals surface area contributed by atoms with E-state index >= 15 is 0 Å². The predicted molar refractivity (Wildman–Crippen MR) is 127 cm³/mol. The first-order chi connectivity index (χ1) is 17.3. The van der Waals surface area contributed by atoms with Gasteiger partial charge >= 0.3 is 6.18 Å². The highest BCUT2D eigenvalue weighted by Gasteiger charge is 2.30. The fourth-order valence-electron chi connectivity index (χ4n) is 4.24. The van der Waals surface area contributed by atoms with Crippen molar-refractivity contribution < 1.29 is 27.4 Å². The SMILES string of the molecule is COc1cc(-n2cnc3cc(-c4cnn(C5CNC5)c4)ccc32)cc(OC)c1C(=O)CCC(F)(F)F. The summed E-state index contributed by atoms with van der Waals surface area (Å²) in [6.45, 7) is 1.81. The summed E-state index contributed by atoms with van der Waals surface area (Å²) >= 11 is 0. The minimum absolute atomic E-state index is 0.0154. The first-order valence-corrected chi connectivity index (χ1v) is 11.4. The number of ether oxygens (including phenoxy) is 2. The number of rotatable bonds is 8. The van der Waals surface area contributed by atoms with E-state index in [0.29, 0.717) is 11.7 Å². The molecule has 8 nitrogen and oxygen atoms in total. The molecule has 1 N–H and O–H groups in total. The van der Waals surface area contributed by atoms with Crippen molar-refractivity contribution >= 4 is 16.8 Å². The fourth-order valence-corrected chi connectivity index (χ4v) is 4.24. The van der Waals surface area contributed by atoms with Crippen LogP contribution in [-0.2, 0) is 0 Å². The molecule has 0 unspecified atom stereocenters. The summed E-state index contributed by atoms with van der Waals surface area (Å²) in [5.74, 6) is -0.438. The third kappa shape index (κ3) is 4.53. The molecule has 1 saturated heterocycles. The Hall–Kier alpha value is -3.86. The summed E-state index contributed by atoms with van der Waals surface area (Å²) in [4.78, 5) is 17.1. The van der Waals surface area contributed by atoms with Gasteiger partial charge in [-0.2, -0.15) is 18.3 Å². The molecule has 2 aromatic carbocycles. The number of hydrogen-bond acceptors (Lipinski definition) is 6. The van der Waals surface area contributed by atoms with Crippen LogP contribution in [-0.4, -0.2) is 58.6 Å². The van der Waals surface area contributed by atoms with Gasteiger partial charge in [-0.25, -0.2) is 4.98 Å². The molecule has 36 heavy (non-hydrogen) atoms. The molecular weight excluding hydrogens is 475 g/mol. The van der Waals surface area contributed by atoms with Gasteiger partial charge in [-0.05, 0) is 17.7 Å². The van der Waals surface area contributed by atoms with Crippen LogP contribution in [0.5, 0.6) is 11.5 Å². The number of nitrogens with one attached hydrogen (secondary N) is 1. The van der Waals surface area contributed by atoms with Crippen LogP contribution in [0.1, 0.15) is 29.2 Å². The molecule has 0 saturated carbocycles. The maximum absolute atomic E-state index is 12.7. The number of alkyl halides is 3. The van der Waals surface area contributed by atoms with Crippen molar-refractivity contribution in [1.29, 1.82) is 0 Å². The second-order valence-electron chi connectivity index (χ2n) is 8.60. The Labute approximate surface area is 204 Å². The Morgan fingerprint density at radius 1 is 1.11 bits per heavy atom. The average Bonchev–Trinajstić information content (AvgIpc) is 3.47. The van der Waals surface area contributed by atoms with Crippen molar-refractivity contribution in [3.8, 4) is 28.3 Å². The van der Waals surface area contributed by atoms with Gasteiger partial charge in [0, 0.05) is 43.4 Å². The molecule has 0 bridgehead atoms. The van der Waals surface area contributed by atoms with Crippen LogP contribution in [0, 0.1) is 0 Å². The van der Waals surface area contributed by atoms with Crippen molar-refractivity contribution in [1.82, 2.24) is 24.6 Å². The van der Waals surface area contributed by atoms with Gasteiger partial charge in [-0.1, -0.05) is 6.07 Å². The van der Waals surface area contributed by atoms with Gasteiger partial charge in [-0.3, -0.25) is 14.0 Å². The molecule has 0 radical (unpaired) electrons. The third-order valence-electron chi connectivity index (χ3n) is 6.30. The van der Waals surface area contributed by atoms with E-state index in [0.717, 1.165) is 35.2 Å². The highest BCUT2D eigenvalue weighted by atomic mass is 19.4. The lowest BCUT2D eigenvalue weighted by Gasteiger charge is -2.27. The number of nitrogens with zero attached hydrogens (tertiary/aromatic N) is 4. The maximum Gasteiger partial charge on any atom is 0.389 e. The molecular formula is C25H24F3N5O3. The van der Waals surface area contributed by atoms with Crippen molar-refractivity contribution in [2.45, 2.75) is 25.1 Å². The smallest absolute Gasteiger partial charge is 0.389 e. The number of imidazole rings is 1. The molecule has 2 aromatic heterocycles. The second kappa shape index (κ2) is 9.30. The number of fused-ring (bicyclic) bond motifs is 1. The molecule has 1 fully saturated rings. The van der Waals surface area contributed by atoms with Crippen molar-refractivity contribution in [3.05, 3.63) is 54.6 Å². The number of methoxy groups -OCH3 is 2. The average molecular weight is 499 g/mol. The van der Waals surface area contributed by atoms with Crippen LogP contribution in [0.25, 0.3) is 27.8 Å². The molecule has 188 valence electrons. The van der Waals surface area contributed by atoms with Gasteiger partial charge in [0.05, 0.1) is 49.6 Å². The quantitative estimate of drug-likeness (QED) is 0.358. The molecule has 1 aliphatic rings. The Bertz CT molecular complexity index is 1400. The van der Waals surface area contributed by atoms with E-state index < -0.39 is 24.8 Å². The lowest BCUT2D eigenvalue weighted by atomic mass is 10.0. The van der Waals surface area contributed by atoms with E-state index in [1.807, 2.05) is 35.3 Å². The van der Waals surface area contributed by atoms with Gasteiger partial charge in [0.2, 0.25) is 0 Å². The molecule has 1 aliphatic heterocycles. The second-order valence-corrected chi connectivity index (χ2v) is 8.60. The molecule has 0 spiro atoms. The zero-order chi connectivity index (χ0) is 25.4. The minimum atomic E-state index is -4.43. The predicted octanol–water partition coefficient (Wildman–Crippen LogP) is 4.58. The summed E-state index contributed by atoms with van der Waals surface area (Å²) in [6.07, 6.45) is -0.853. The van der Waals surface area contributed by atoms with Gasteiger partial charge in [0.15, 0.2) is 5.78 Å². The summed E-state index contributed by atoms with van der Waals surface area (Å²) in [7, 11) is 2.72. The van der Waals surface area contributed by atoms with Crippen LogP contribution < -0.4 is 14.8 Å². The van der Waals surface area contributed by atoms with Crippen molar-refractivity contribution in [2.75, 3.05) is 27.3 Å². The lowest BCUT2D eigenvalue weighted by Crippen LogP contribution is -2.43. The van der Waals surface area contributed by atoms with Gasteiger partial charge in [-0.15, -0.1) is 0 Å². The normalized spacial score (nSPS) is 14.1. The van der Waals surface area contributed by atoms with E-state index in [1.54, 1.807) is 23.0 Å². The molecule has 11 heteroatoms. The highest BCUT2D eigenvalue weighted by molar-refractivity contribution is 6.02. The van der Waals surface area contributed by atoms with Gasteiger partial charge in [0.1, 0.15) is 23.4 Å². The van der Waals surface area contributed by atoms with Gasteiger partial charge < -0.3 is 14.8 Å². The Balaban J connectivity index is 1.48. The van der Waals surface area contributed by atoms with E-state index in [1.165, 1.54) is 14.2 Å². The van der Waals surface area contributed by atoms with Crippen LogP contribution in [0.3, 0.4) is 0 Å². The number of halogens is 3. The number of aromatic nitrogens is 4. The third-order valence-corrected chi connectivity index (χ3v) is 6.30. The van der Waals surface area contributed by atoms with Crippen LogP contribution in [0.4, 0.5) is 13.2 Å². The highest BCUT2D eigenvalue weighted by Crippen LogP contribution is 2.36. The fraction of sp³-hybridized carbons (Fsp3) is 0.320. The van der Waals surface area contributed by atoms with Crippen LogP contribution in [0.15, 0.2) is 49.1 Å². The topological polar surface area (TPSA) is 83.2 Å². The number of carbonyl (C=O) groups excluding carboxylic acids is 1. The van der Waals surface area contributed by atoms with E-state index in [9.17, 15) is 18.0 Å². The Morgan fingerprint density at radius 3 is 2.44 bits per heavy atom. The molecule has 0 amide bonds. The van der Waals surface area contributed by atoms with Crippen LogP contribution in [0.2, 0.25) is 0 Å². The number of Topliss-reactive ketones (excluding diaryl/α,β-unsaturated/α-hetero) is 1. The largest absolute Gasteiger partial charge is 0.496 e.